The fourth-order valence-electron chi connectivity index (χ4n) is 5.63. The van der Waals surface area contributed by atoms with Gasteiger partial charge in [0, 0.05) is 42.8 Å². The molecular weight excluding hydrogens is 450 g/mol. The summed E-state index contributed by atoms with van der Waals surface area (Å²) in [6.07, 6.45) is 3.43. The molecule has 190 valence electrons. The summed E-state index contributed by atoms with van der Waals surface area (Å²) in [7, 11) is 0. The van der Waals surface area contributed by atoms with Crippen molar-refractivity contribution in [3.63, 3.8) is 0 Å². The molecule has 3 aromatic rings. The number of piperazine rings is 1. The monoisotopic (exact) mass is 487 g/mol. The van der Waals surface area contributed by atoms with Gasteiger partial charge in [0.25, 0.3) is 0 Å². The third-order valence-corrected chi connectivity index (χ3v) is 7.62. The molecule has 0 aliphatic carbocycles. The average Bonchev–Trinajstić information content (AvgIpc) is 3.26. The van der Waals surface area contributed by atoms with Crippen molar-refractivity contribution in [1.29, 1.82) is 0 Å². The summed E-state index contributed by atoms with van der Waals surface area (Å²) in [5.41, 5.74) is 5.53. The SMILES string of the molecule is CCCCOCCCN1CC(=O)N2[C@H](c3ccc(C(C)C)cc3)c3[nH]c4ccccc4c3C[C@H]2C1=O. The molecule has 0 radical (unpaired) electrons. The first-order valence-electron chi connectivity index (χ1n) is 13.4. The fourth-order valence-corrected chi connectivity index (χ4v) is 5.63. The molecular formula is C30H37N3O3. The second kappa shape index (κ2) is 10.5. The fraction of sp³-hybridized carbons (Fsp3) is 0.467. The number of H-pyrrole nitrogens is 1. The molecule has 6 nitrogen and oxygen atoms in total. The van der Waals surface area contributed by atoms with Crippen molar-refractivity contribution in [2.75, 3.05) is 26.3 Å². The summed E-state index contributed by atoms with van der Waals surface area (Å²) in [6, 6.07) is 16.0. The summed E-state index contributed by atoms with van der Waals surface area (Å²) in [5.74, 6) is 0.483. The van der Waals surface area contributed by atoms with Gasteiger partial charge in [-0.2, -0.15) is 0 Å². The second-order valence-corrected chi connectivity index (χ2v) is 10.4. The Morgan fingerprint density at radius 3 is 2.53 bits per heavy atom. The number of benzene rings is 2. The maximum Gasteiger partial charge on any atom is 0.246 e. The molecule has 0 unspecified atom stereocenters. The Hall–Kier alpha value is -3.12. The number of unbranched alkanes of at least 4 members (excludes halogenated alkanes) is 1. The number of nitrogens with zero attached hydrogens (tertiary/aromatic N) is 2. The number of hydrogen-bond donors (Lipinski definition) is 1. The number of nitrogens with one attached hydrogen (secondary N) is 1. The second-order valence-electron chi connectivity index (χ2n) is 10.4. The van der Waals surface area contributed by atoms with Crippen LogP contribution >= 0.6 is 0 Å². The molecule has 6 heteroatoms. The summed E-state index contributed by atoms with van der Waals surface area (Å²) in [4.78, 5) is 34.6. The first kappa shape index (κ1) is 24.6. The molecule has 36 heavy (non-hydrogen) atoms. The molecule has 1 aromatic heterocycles. The maximum absolute atomic E-state index is 13.7. The van der Waals surface area contributed by atoms with Crippen molar-refractivity contribution in [3.8, 4) is 0 Å². The van der Waals surface area contributed by atoms with Gasteiger partial charge in [0.05, 0.1) is 12.6 Å². The molecule has 5 rings (SSSR count). The third kappa shape index (κ3) is 4.55. The van der Waals surface area contributed by atoms with Crippen LogP contribution in [0.1, 0.15) is 74.4 Å². The molecule has 2 aliphatic heterocycles. The number of amides is 2. The van der Waals surface area contributed by atoms with E-state index in [0.717, 1.165) is 53.6 Å². The number of fused-ring (bicyclic) bond motifs is 4. The van der Waals surface area contributed by atoms with Gasteiger partial charge in [-0.15, -0.1) is 0 Å². The van der Waals surface area contributed by atoms with Crippen LogP contribution in [0.15, 0.2) is 48.5 Å². The highest BCUT2D eigenvalue weighted by molar-refractivity contribution is 5.97. The number of aromatic nitrogens is 1. The minimum atomic E-state index is -0.492. The van der Waals surface area contributed by atoms with Gasteiger partial charge in [0.1, 0.15) is 6.04 Å². The summed E-state index contributed by atoms with van der Waals surface area (Å²) in [5, 5.41) is 1.14. The summed E-state index contributed by atoms with van der Waals surface area (Å²) < 4.78 is 5.68. The van der Waals surface area contributed by atoms with Crippen LogP contribution in [-0.2, 0) is 20.7 Å². The zero-order valence-corrected chi connectivity index (χ0v) is 21.6. The van der Waals surface area contributed by atoms with Crippen LogP contribution in [0.4, 0.5) is 0 Å². The number of rotatable bonds is 9. The number of ether oxygens (including phenoxy) is 1. The molecule has 1 fully saturated rings. The van der Waals surface area contributed by atoms with E-state index in [-0.39, 0.29) is 24.4 Å². The number of aromatic amines is 1. The Morgan fingerprint density at radius 1 is 1.03 bits per heavy atom. The molecule has 3 heterocycles. The number of carbonyl (C=O) groups excluding carboxylic acids is 2. The number of carbonyl (C=O) groups is 2. The van der Waals surface area contributed by atoms with Crippen molar-refractivity contribution >= 4 is 22.7 Å². The molecule has 2 aliphatic rings. The lowest BCUT2D eigenvalue weighted by molar-refractivity contribution is -0.158. The van der Waals surface area contributed by atoms with Crippen molar-refractivity contribution < 1.29 is 14.3 Å². The van der Waals surface area contributed by atoms with E-state index in [2.05, 4.69) is 62.2 Å². The Bertz CT molecular complexity index is 1230. The van der Waals surface area contributed by atoms with Crippen LogP contribution in [0.2, 0.25) is 0 Å². The van der Waals surface area contributed by atoms with Crippen molar-refractivity contribution in [1.82, 2.24) is 14.8 Å². The Kier molecular flexibility index (Phi) is 7.15. The van der Waals surface area contributed by atoms with Gasteiger partial charge in [-0.25, -0.2) is 0 Å². The first-order valence-corrected chi connectivity index (χ1v) is 13.4. The predicted molar refractivity (Wildman–Crippen MR) is 142 cm³/mol. The Labute approximate surface area is 213 Å². The Morgan fingerprint density at radius 2 is 1.78 bits per heavy atom. The normalized spacial score (nSPS) is 19.8. The zero-order chi connectivity index (χ0) is 25.2. The van der Waals surface area contributed by atoms with E-state index in [1.54, 1.807) is 4.90 Å². The standard InChI is InChI=1S/C30H37N3O3/c1-4-5-16-36-17-8-15-32-19-27(34)33-26(30(32)35)18-24-23-9-6-7-10-25(23)31-28(24)29(33)22-13-11-21(12-14-22)20(2)3/h6-7,9-14,20,26,29,31H,4-5,8,15-19H2,1-3H3/t26-,29+/m0/s1. The van der Waals surface area contributed by atoms with Gasteiger partial charge in [-0.3, -0.25) is 9.59 Å². The van der Waals surface area contributed by atoms with Crippen molar-refractivity contribution in [2.24, 2.45) is 0 Å². The topological polar surface area (TPSA) is 65.6 Å². The van der Waals surface area contributed by atoms with Crippen LogP contribution in [-0.4, -0.2) is 58.9 Å². The van der Waals surface area contributed by atoms with E-state index in [4.69, 9.17) is 4.74 Å². The van der Waals surface area contributed by atoms with Crippen LogP contribution in [0.5, 0.6) is 0 Å². The van der Waals surface area contributed by atoms with Gasteiger partial charge in [0.2, 0.25) is 11.8 Å². The van der Waals surface area contributed by atoms with Gasteiger partial charge < -0.3 is 19.5 Å². The maximum atomic E-state index is 13.7. The minimum Gasteiger partial charge on any atom is -0.381 e. The van der Waals surface area contributed by atoms with E-state index in [0.29, 0.717) is 25.5 Å². The van der Waals surface area contributed by atoms with Gasteiger partial charge >= 0.3 is 0 Å². The Balaban J connectivity index is 1.46. The molecule has 2 aromatic carbocycles. The first-order chi connectivity index (χ1) is 17.5. The van der Waals surface area contributed by atoms with E-state index >= 15 is 0 Å². The van der Waals surface area contributed by atoms with E-state index in [1.165, 1.54) is 5.56 Å². The smallest absolute Gasteiger partial charge is 0.246 e. The van der Waals surface area contributed by atoms with Crippen molar-refractivity contribution in [2.45, 2.75) is 64.5 Å². The molecule has 0 bridgehead atoms. The lowest BCUT2D eigenvalue weighted by Crippen LogP contribution is -2.63. The van der Waals surface area contributed by atoms with E-state index in [1.807, 2.05) is 17.0 Å². The van der Waals surface area contributed by atoms with Crippen LogP contribution in [0, 0.1) is 0 Å². The molecule has 1 N–H and O–H groups in total. The van der Waals surface area contributed by atoms with E-state index < -0.39 is 6.04 Å². The third-order valence-electron chi connectivity index (χ3n) is 7.62. The lowest BCUT2D eigenvalue weighted by atomic mass is 9.85. The van der Waals surface area contributed by atoms with Crippen molar-refractivity contribution in [3.05, 3.63) is 70.9 Å². The van der Waals surface area contributed by atoms with Crippen LogP contribution in [0.3, 0.4) is 0 Å². The van der Waals surface area contributed by atoms with Gasteiger partial charge in [-0.05, 0) is 41.5 Å². The van der Waals surface area contributed by atoms with Gasteiger partial charge in [-0.1, -0.05) is 69.7 Å². The summed E-state index contributed by atoms with van der Waals surface area (Å²) >= 11 is 0. The van der Waals surface area contributed by atoms with Crippen LogP contribution in [0.25, 0.3) is 10.9 Å². The quantitative estimate of drug-likeness (QED) is 0.423. The number of para-hydroxylation sites is 1. The largest absolute Gasteiger partial charge is 0.381 e. The average molecular weight is 488 g/mol. The van der Waals surface area contributed by atoms with Gasteiger partial charge in [0.15, 0.2) is 0 Å². The molecule has 0 saturated carbocycles. The molecule has 2 amide bonds. The molecule has 2 atom stereocenters. The van der Waals surface area contributed by atoms with Crippen LogP contribution < -0.4 is 0 Å². The molecule has 1 saturated heterocycles. The molecule has 0 spiro atoms. The zero-order valence-electron chi connectivity index (χ0n) is 21.6. The predicted octanol–water partition coefficient (Wildman–Crippen LogP) is 5.18. The minimum absolute atomic E-state index is 0.00810. The highest BCUT2D eigenvalue weighted by Gasteiger charge is 2.48. The summed E-state index contributed by atoms with van der Waals surface area (Å²) in [6.45, 7) is 8.54. The van der Waals surface area contributed by atoms with E-state index in [9.17, 15) is 9.59 Å². The highest BCUT2D eigenvalue weighted by atomic mass is 16.5. The number of hydrogen-bond acceptors (Lipinski definition) is 3. The highest BCUT2D eigenvalue weighted by Crippen LogP contribution is 2.42. The lowest BCUT2D eigenvalue weighted by Gasteiger charge is -2.47.